The summed E-state index contributed by atoms with van der Waals surface area (Å²) in [5.74, 6) is 2.20. The molecule has 5 nitrogen and oxygen atoms in total. The van der Waals surface area contributed by atoms with Crippen LogP contribution >= 0.6 is 0 Å². The molecule has 52 heavy (non-hydrogen) atoms. The SMILES string of the molecule is CCCCCCC(CCCCCC)CCCCCC(=O)Oc1cc(CN(C)C)cc(OC(=O)CCCCCC(CCCCCC)CCCCCC)c1. The van der Waals surface area contributed by atoms with Gasteiger partial charge in [0.15, 0.2) is 0 Å². The molecular formula is C47H85NO4. The Bertz CT molecular complexity index is 897. The molecule has 0 aliphatic heterocycles. The fourth-order valence-electron chi connectivity index (χ4n) is 7.63. The van der Waals surface area contributed by atoms with E-state index in [4.69, 9.17) is 9.47 Å². The Morgan fingerprint density at radius 1 is 0.462 bits per heavy atom. The maximum atomic E-state index is 12.9. The second-order valence-corrected chi connectivity index (χ2v) is 16.3. The van der Waals surface area contributed by atoms with E-state index in [1.54, 1.807) is 6.07 Å². The number of nitrogens with zero attached hydrogens (tertiary/aromatic N) is 1. The third-order valence-electron chi connectivity index (χ3n) is 10.8. The van der Waals surface area contributed by atoms with E-state index < -0.39 is 0 Å². The van der Waals surface area contributed by atoms with E-state index in [-0.39, 0.29) is 11.9 Å². The van der Waals surface area contributed by atoms with Gasteiger partial charge in [-0.15, -0.1) is 0 Å². The van der Waals surface area contributed by atoms with Crippen LogP contribution < -0.4 is 9.47 Å². The van der Waals surface area contributed by atoms with Crippen molar-refractivity contribution in [3.63, 3.8) is 0 Å². The van der Waals surface area contributed by atoms with Crippen LogP contribution in [0.25, 0.3) is 0 Å². The fraction of sp³-hybridized carbons (Fsp3) is 0.830. The highest BCUT2D eigenvalue weighted by atomic mass is 16.5. The van der Waals surface area contributed by atoms with E-state index in [0.29, 0.717) is 30.9 Å². The Hall–Kier alpha value is -1.88. The van der Waals surface area contributed by atoms with Crippen molar-refractivity contribution in [3.05, 3.63) is 23.8 Å². The minimum Gasteiger partial charge on any atom is -0.426 e. The Labute approximate surface area is 323 Å². The first kappa shape index (κ1) is 48.1. The first-order valence-electron chi connectivity index (χ1n) is 22.5. The lowest BCUT2D eigenvalue weighted by atomic mass is 9.89. The fourth-order valence-corrected chi connectivity index (χ4v) is 7.63. The molecule has 0 radical (unpaired) electrons. The van der Waals surface area contributed by atoms with Gasteiger partial charge in [0.1, 0.15) is 11.5 Å². The summed E-state index contributed by atoms with van der Waals surface area (Å²) < 4.78 is 11.6. The first-order chi connectivity index (χ1) is 25.3. The predicted octanol–water partition coefficient (Wildman–Crippen LogP) is 14.6. The summed E-state index contributed by atoms with van der Waals surface area (Å²) in [5, 5.41) is 0. The van der Waals surface area contributed by atoms with Crippen LogP contribution in [0.5, 0.6) is 11.5 Å². The molecule has 1 aromatic rings. The van der Waals surface area contributed by atoms with Gasteiger partial charge >= 0.3 is 11.9 Å². The van der Waals surface area contributed by atoms with Crippen molar-refractivity contribution < 1.29 is 19.1 Å². The average molecular weight is 728 g/mol. The highest BCUT2D eigenvalue weighted by Crippen LogP contribution is 2.28. The number of benzene rings is 1. The molecule has 0 amide bonds. The molecule has 0 bridgehead atoms. The van der Waals surface area contributed by atoms with Gasteiger partial charge in [-0.1, -0.05) is 195 Å². The summed E-state index contributed by atoms with van der Waals surface area (Å²) in [6, 6.07) is 5.51. The monoisotopic (exact) mass is 728 g/mol. The van der Waals surface area contributed by atoms with Crippen molar-refractivity contribution in [1.29, 1.82) is 0 Å². The van der Waals surface area contributed by atoms with E-state index in [2.05, 4.69) is 32.6 Å². The zero-order valence-corrected chi connectivity index (χ0v) is 35.4. The Kier molecular flexibility index (Phi) is 31.2. The number of carbonyl (C=O) groups is 2. The van der Waals surface area contributed by atoms with Gasteiger partial charge < -0.3 is 14.4 Å². The summed E-state index contributed by atoms with van der Waals surface area (Å²) in [6.45, 7) is 9.81. The lowest BCUT2D eigenvalue weighted by Gasteiger charge is -2.17. The van der Waals surface area contributed by atoms with E-state index >= 15 is 0 Å². The maximum Gasteiger partial charge on any atom is 0.311 e. The highest BCUT2D eigenvalue weighted by Gasteiger charge is 2.14. The highest BCUT2D eigenvalue weighted by molar-refractivity contribution is 5.74. The van der Waals surface area contributed by atoms with Crippen LogP contribution in [0.1, 0.15) is 226 Å². The average Bonchev–Trinajstić information content (AvgIpc) is 3.10. The molecule has 0 aliphatic rings. The third-order valence-corrected chi connectivity index (χ3v) is 10.8. The van der Waals surface area contributed by atoms with Gasteiger partial charge in [0.25, 0.3) is 0 Å². The first-order valence-corrected chi connectivity index (χ1v) is 22.5. The molecule has 0 atom stereocenters. The summed E-state index contributed by atoms with van der Waals surface area (Å²) in [4.78, 5) is 27.8. The Balaban J connectivity index is 2.54. The second-order valence-electron chi connectivity index (χ2n) is 16.3. The molecular weight excluding hydrogens is 643 g/mol. The molecule has 0 unspecified atom stereocenters. The number of esters is 2. The van der Waals surface area contributed by atoms with Gasteiger partial charge in [0, 0.05) is 25.5 Å². The largest absolute Gasteiger partial charge is 0.426 e. The third kappa shape index (κ3) is 27.7. The van der Waals surface area contributed by atoms with Gasteiger partial charge in [0.2, 0.25) is 0 Å². The molecule has 0 N–H and O–H groups in total. The molecule has 0 heterocycles. The molecule has 0 spiro atoms. The molecule has 1 aromatic carbocycles. The molecule has 0 saturated carbocycles. The van der Waals surface area contributed by atoms with Crippen LogP contribution in [0.4, 0.5) is 0 Å². The van der Waals surface area contributed by atoms with Gasteiger partial charge in [-0.05, 0) is 56.5 Å². The summed E-state index contributed by atoms with van der Waals surface area (Å²) in [6.07, 6.45) is 36.6. The van der Waals surface area contributed by atoms with Crippen molar-refractivity contribution in [2.45, 2.75) is 227 Å². The molecule has 0 fully saturated rings. The van der Waals surface area contributed by atoms with Gasteiger partial charge in [-0.2, -0.15) is 0 Å². The van der Waals surface area contributed by atoms with Crippen molar-refractivity contribution in [1.82, 2.24) is 4.90 Å². The number of hydrogen-bond donors (Lipinski definition) is 0. The minimum absolute atomic E-state index is 0.205. The van der Waals surface area contributed by atoms with Gasteiger partial charge in [-0.3, -0.25) is 9.59 Å². The Morgan fingerprint density at radius 2 is 0.769 bits per heavy atom. The smallest absolute Gasteiger partial charge is 0.311 e. The van der Waals surface area contributed by atoms with Crippen LogP contribution in [-0.2, 0) is 16.1 Å². The van der Waals surface area contributed by atoms with Gasteiger partial charge in [-0.25, -0.2) is 0 Å². The zero-order chi connectivity index (χ0) is 38.1. The van der Waals surface area contributed by atoms with E-state index in [0.717, 1.165) is 43.1 Å². The van der Waals surface area contributed by atoms with Crippen LogP contribution in [-0.4, -0.2) is 30.9 Å². The molecule has 0 saturated heterocycles. The normalized spacial score (nSPS) is 11.6. The standard InChI is InChI=1S/C47H85NO4/c1-7-11-15-21-29-41(30-22-16-12-8-2)33-25-19-27-35-46(49)51-44-37-43(40-48(5)6)38-45(39-44)52-47(50)36-28-20-26-34-42(31-23-17-13-9-3)32-24-18-14-10-4/h37-39,41-42H,7-36,40H2,1-6H3. The Morgan fingerprint density at radius 3 is 1.06 bits per heavy atom. The molecule has 302 valence electrons. The quantitative estimate of drug-likeness (QED) is 0.0391. The summed E-state index contributed by atoms with van der Waals surface area (Å²) in [5.41, 5.74) is 0.964. The number of hydrogen-bond acceptors (Lipinski definition) is 5. The van der Waals surface area contributed by atoms with E-state index in [1.807, 2.05) is 26.2 Å². The number of rotatable bonds is 36. The van der Waals surface area contributed by atoms with Gasteiger partial charge in [0.05, 0.1) is 0 Å². The van der Waals surface area contributed by atoms with Crippen molar-refractivity contribution in [3.8, 4) is 11.5 Å². The minimum atomic E-state index is -0.205. The van der Waals surface area contributed by atoms with E-state index in [1.165, 1.54) is 154 Å². The topological polar surface area (TPSA) is 55.8 Å². The van der Waals surface area contributed by atoms with Crippen LogP contribution in [0.3, 0.4) is 0 Å². The maximum absolute atomic E-state index is 12.9. The molecule has 0 aliphatic carbocycles. The second kappa shape index (κ2) is 33.7. The zero-order valence-electron chi connectivity index (χ0n) is 35.4. The van der Waals surface area contributed by atoms with Crippen LogP contribution in [0.2, 0.25) is 0 Å². The molecule has 5 heteroatoms. The molecule has 0 aromatic heterocycles. The van der Waals surface area contributed by atoms with Crippen LogP contribution in [0.15, 0.2) is 18.2 Å². The number of ether oxygens (including phenoxy) is 2. The lowest BCUT2D eigenvalue weighted by Crippen LogP contribution is -2.13. The van der Waals surface area contributed by atoms with Crippen molar-refractivity contribution in [2.75, 3.05) is 14.1 Å². The predicted molar refractivity (Wildman–Crippen MR) is 223 cm³/mol. The van der Waals surface area contributed by atoms with Crippen LogP contribution in [0, 0.1) is 11.8 Å². The van der Waals surface area contributed by atoms with E-state index in [9.17, 15) is 9.59 Å². The molecule has 1 rings (SSSR count). The number of unbranched alkanes of at least 4 members (excludes halogenated alkanes) is 16. The lowest BCUT2D eigenvalue weighted by molar-refractivity contribution is -0.135. The summed E-state index contributed by atoms with van der Waals surface area (Å²) >= 11 is 0. The van der Waals surface area contributed by atoms with Crippen molar-refractivity contribution in [2.24, 2.45) is 11.8 Å². The summed E-state index contributed by atoms with van der Waals surface area (Å²) in [7, 11) is 4.01. The van der Waals surface area contributed by atoms with Crippen molar-refractivity contribution >= 4 is 11.9 Å². The number of carbonyl (C=O) groups excluding carboxylic acids is 2.